The first-order valence-corrected chi connectivity index (χ1v) is 7.33. The number of ether oxygens (including phenoxy) is 1. The molecular weight excluding hydrogens is 210 g/mol. The molecule has 0 saturated heterocycles. The van der Waals surface area contributed by atoms with E-state index in [-0.39, 0.29) is 5.54 Å². The van der Waals surface area contributed by atoms with Crippen molar-refractivity contribution in [2.75, 3.05) is 6.54 Å². The largest absolute Gasteiger partial charge is 0.373 e. The Kier molecular flexibility index (Phi) is 5.94. The first-order chi connectivity index (χ1) is 7.92. The smallest absolute Gasteiger partial charge is 0.0700 e. The van der Waals surface area contributed by atoms with Gasteiger partial charge in [-0.05, 0) is 46.0 Å². The van der Waals surface area contributed by atoms with E-state index in [9.17, 15) is 0 Å². The summed E-state index contributed by atoms with van der Waals surface area (Å²) in [4.78, 5) is 0. The zero-order valence-corrected chi connectivity index (χ0v) is 12.4. The van der Waals surface area contributed by atoms with Gasteiger partial charge >= 0.3 is 0 Å². The predicted molar refractivity (Wildman–Crippen MR) is 74.3 cm³/mol. The molecule has 3 unspecified atom stereocenters. The summed E-state index contributed by atoms with van der Waals surface area (Å²) in [5.74, 6) is 0.743. The topological polar surface area (TPSA) is 21.3 Å². The summed E-state index contributed by atoms with van der Waals surface area (Å²) in [6.45, 7) is 12.2. The Morgan fingerprint density at radius 1 is 1.24 bits per heavy atom. The number of rotatable bonds is 5. The van der Waals surface area contributed by atoms with Crippen LogP contribution >= 0.6 is 0 Å². The van der Waals surface area contributed by atoms with E-state index >= 15 is 0 Å². The molecule has 0 heterocycles. The summed E-state index contributed by atoms with van der Waals surface area (Å²) in [7, 11) is 0. The van der Waals surface area contributed by atoms with Gasteiger partial charge in [0.2, 0.25) is 0 Å². The van der Waals surface area contributed by atoms with Gasteiger partial charge in [-0.1, -0.05) is 26.7 Å². The van der Waals surface area contributed by atoms with E-state index in [1.54, 1.807) is 0 Å². The lowest BCUT2D eigenvalue weighted by Crippen LogP contribution is -2.43. The van der Waals surface area contributed by atoms with Gasteiger partial charge in [-0.3, -0.25) is 0 Å². The molecule has 0 spiro atoms. The Labute approximate surface area is 108 Å². The van der Waals surface area contributed by atoms with Crippen molar-refractivity contribution in [1.82, 2.24) is 5.32 Å². The molecule has 0 aromatic rings. The van der Waals surface area contributed by atoms with Crippen LogP contribution in [0, 0.1) is 5.92 Å². The molecule has 102 valence electrons. The van der Waals surface area contributed by atoms with Gasteiger partial charge < -0.3 is 10.1 Å². The molecule has 1 aliphatic rings. The van der Waals surface area contributed by atoms with Crippen molar-refractivity contribution in [2.45, 2.75) is 84.5 Å². The molecule has 1 N–H and O–H groups in total. The Balaban J connectivity index is 2.35. The average molecular weight is 241 g/mol. The van der Waals surface area contributed by atoms with Crippen LogP contribution in [0.3, 0.4) is 0 Å². The van der Waals surface area contributed by atoms with Gasteiger partial charge in [-0.2, -0.15) is 0 Å². The molecule has 2 heteroatoms. The maximum absolute atomic E-state index is 6.29. The molecule has 1 aliphatic carbocycles. The third kappa shape index (κ3) is 5.87. The van der Waals surface area contributed by atoms with Gasteiger partial charge in [-0.15, -0.1) is 0 Å². The lowest BCUT2D eigenvalue weighted by Gasteiger charge is -2.33. The summed E-state index contributed by atoms with van der Waals surface area (Å²) in [5.41, 5.74) is 0.189. The van der Waals surface area contributed by atoms with Crippen LogP contribution in [0.2, 0.25) is 0 Å². The number of hydrogen-bond acceptors (Lipinski definition) is 2. The Hall–Kier alpha value is -0.0800. The summed E-state index contributed by atoms with van der Waals surface area (Å²) in [6.07, 6.45) is 7.30. The van der Waals surface area contributed by atoms with Crippen LogP contribution < -0.4 is 5.32 Å². The van der Waals surface area contributed by atoms with Crippen LogP contribution in [0.15, 0.2) is 0 Å². The molecule has 0 aliphatic heterocycles. The minimum Gasteiger partial charge on any atom is -0.373 e. The van der Waals surface area contributed by atoms with E-state index in [1.807, 2.05) is 0 Å². The van der Waals surface area contributed by atoms with Crippen LogP contribution in [0.5, 0.6) is 0 Å². The lowest BCUT2D eigenvalue weighted by atomic mass is 9.88. The Morgan fingerprint density at radius 2 is 1.88 bits per heavy atom. The number of nitrogens with one attached hydrogen (secondary N) is 1. The molecule has 0 amide bonds. The van der Waals surface area contributed by atoms with Crippen molar-refractivity contribution in [3.63, 3.8) is 0 Å². The van der Waals surface area contributed by atoms with E-state index in [4.69, 9.17) is 4.74 Å². The second-order valence-electron chi connectivity index (χ2n) is 6.60. The van der Waals surface area contributed by atoms with E-state index in [2.05, 4.69) is 39.9 Å². The van der Waals surface area contributed by atoms with Crippen molar-refractivity contribution in [1.29, 1.82) is 0 Å². The molecule has 0 radical (unpaired) electrons. The molecule has 2 nitrogen and oxygen atoms in total. The molecular formula is C15H31NO. The summed E-state index contributed by atoms with van der Waals surface area (Å²) < 4.78 is 6.29. The minimum absolute atomic E-state index is 0.189. The van der Waals surface area contributed by atoms with Gasteiger partial charge in [0.05, 0.1) is 12.2 Å². The van der Waals surface area contributed by atoms with Crippen LogP contribution in [-0.4, -0.2) is 24.3 Å². The highest BCUT2D eigenvalue weighted by Gasteiger charge is 2.25. The standard InChI is InChI=1S/C15H31NO/c1-6-13(11-16-15(3,4)5)17-14-10-8-7-9-12(14)2/h12-14,16H,6-11H2,1-5H3. The molecule has 1 saturated carbocycles. The molecule has 0 bridgehead atoms. The van der Waals surface area contributed by atoms with E-state index in [1.165, 1.54) is 25.7 Å². The highest BCUT2D eigenvalue weighted by atomic mass is 16.5. The normalized spacial score (nSPS) is 28.1. The quantitative estimate of drug-likeness (QED) is 0.791. The van der Waals surface area contributed by atoms with Gasteiger partial charge in [-0.25, -0.2) is 0 Å². The zero-order valence-electron chi connectivity index (χ0n) is 12.4. The SMILES string of the molecule is CCC(CNC(C)(C)C)OC1CCCCC1C. The fourth-order valence-electron chi connectivity index (χ4n) is 2.44. The van der Waals surface area contributed by atoms with Gasteiger partial charge in [0.1, 0.15) is 0 Å². The molecule has 0 aromatic carbocycles. The van der Waals surface area contributed by atoms with Crippen LogP contribution in [-0.2, 0) is 4.74 Å². The van der Waals surface area contributed by atoms with Crippen molar-refractivity contribution in [2.24, 2.45) is 5.92 Å². The second kappa shape index (κ2) is 6.75. The average Bonchev–Trinajstić information content (AvgIpc) is 2.25. The second-order valence-corrected chi connectivity index (χ2v) is 6.60. The molecule has 1 fully saturated rings. The monoisotopic (exact) mass is 241 g/mol. The molecule has 17 heavy (non-hydrogen) atoms. The van der Waals surface area contributed by atoms with Crippen LogP contribution in [0.4, 0.5) is 0 Å². The van der Waals surface area contributed by atoms with E-state index in [0.717, 1.165) is 18.9 Å². The lowest BCUT2D eigenvalue weighted by molar-refractivity contribution is -0.0573. The van der Waals surface area contributed by atoms with Crippen molar-refractivity contribution in [3.8, 4) is 0 Å². The van der Waals surface area contributed by atoms with Crippen LogP contribution in [0.1, 0.15) is 66.7 Å². The zero-order chi connectivity index (χ0) is 12.9. The van der Waals surface area contributed by atoms with Gasteiger partial charge in [0.15, 0.2) is 0 Å². The minimum atomic E-state index is 0.189. The molecule has 3 atom stereocenters. The third-order valence-electron chi connectivity index (χ3n) is 3.72. The Bertz CT molecular complexity index is 209. The van der Waals surface area contributed by atoms with E-state index < -0.39 is 0 Å². The molecule has 1 rings (SSSR count). The van der Waals surface area contributed by atoms with Crippen LogP contribution in [0.25, 0.3) is 0 Å². The van der Waals surface area contributed by atoms with E-state index in [0.29, 0.717) is 12.2 Å². The number of hydrogen-bond donors (Lipinski definition) is 1. The van der Waals surface area contributed by atoms with Crippen molar-refractivity contribution < 1.29 is 4.74 Å². The predicted octanol–water partition coefficient (Wildman–Crippen LogP) is 3.75. The highest BCUT2D eigenvalue weighted by Crippen LogP contribution is 2.27. The Morgan fingerprint density at radius 3 is 2.41 bits per heavy atom. The summed E-state index contributed by atoms with van der Waals surface area (Å²) in [5, 5.41) is 3.55. The van der Waals surface area contributed by atoms with Gasteiger partial charge in [0, 0.05) is 12.1 Å². The fraction of sp³-hybridized carbons (Fsp3) is 1.00. The summed E-state index contributed by atoms with van der Waals surface area (Å²) in [6, 6.07) is 0. The van der Waals surface area contributed by atoms with Crippen molar-refractivity contribution in [3.05, 3.63) is 0 Å². The molecule has 0 aromatic heterocycles. The maximum atomic E-state index is 6.29. The highest BCUT2D eigenvalue weighted by molar-refractivity contribution is 4.77. The maximum Gasteiger partial charge on any atom is 0.0700 e. The van der Waals surface area contributed by atoms with Gasteiger partial charge in [0.25, 0.3) is 0 Å². The summed E-state index contributed by atoms with van der Waals surface area (Å²) >= 11 is 0. The third-order valence-corrected chi connectivity index (χ3v) is 3.72. The first-order valence-electron chi connectivity index (χ1n) is 7.33. The van der Waals surface area contributed by atoms with Crippen molar-refractivity contribution >= 4 is 0 Å². The first kappa shape index (κ1) is 15.0. The fourth-order valence-corrected chi connectivity index (χ4v) is 2.44.